The van der Waals surface area contributed by atoms with Crippen LogP contribution in [0.15, 0.2) is 11.4 Å². The fourth-order valence-corrected chi connectivity index (χ4v) is 3.68. The summed E-state index contributed by atoms with van der Waals surface area (Å²) in [6.45, 7) is 0.771. The van der Waals surface area contributed by atoms with Gasteiger partial charge in [0.25, 0.3) is 5.91 Å². The molecule has 1 fully saturated rings. The number of hydrogen-bond donors (Lipinski definition) is 1. The van der Waals surface area contributed by atoms with Gasteiger partial charge in [0.2, 0.25) is 0 Å². The monoisotopic (exact) mass is 335 g/mol. The molecule has 1 aromatic heterocycles. The Balaban J connectivity index is 1.79. The molecule has 0 unspecified atom stereocenters. The molecule has 2 nitrogen and oxygen atoms in total. The molecular weight excluding hydrogens is 322 g/mol. The van der Waals surface area contributed by atoms with E-state index in [1.54, 1.807) is 6.07 Å². The summed E-state index contributed by atoms with van der Waals surface area (Å²) in [6.07, 6.45) is 4.79. The van der Waals surface area contributed by atoms with Crippen LogP contribution in [-0.2, 0) is 0 Å². The predicted molar refractivity (Wildman–Crippen MR) is 76.3 cm³/mol. The van der Waals surface area contributed by atoms with Crippen LogP contribution in [0.3, 0.4) is 0 Å². The Bertz CT molecular complexity index is 388. The van der Waals surface area contributed by atoms with Crippen LogP contribution in [0, 0.1) is 5.92 Å². The summed E-state index contributed by atoms with van der Waals surface area (Å²) in [5, 5.41) is 5.38. The Morgan fingerprint density at radius 3 is 2.76 bits per heavy atom. The van der Waals surface area contributed by atoms with Gasteiger partial charge < -0.3 is 5.32 Å². The molecule has 0 radical (unpaired) electrons. The standard InChI is InChI=1S/C12H15BrClNOS/c13-9-3-1-8(2-4-9)7-15-12(16)11-10(14)5-6-17-11/h5-6,8-9H,1-4,7H2,(H,15,16). The van der Waals surface area contributed by atoms with Gasteiger partial charge in [0.15, 0.2) is 0 Å². The van der Waals surface area contributed by atoms with Crippen LogP contribution in [0.2, 0.25) is 5.02 Å². The minimum Gasteiger partial charge on any atom is -0.351 e. The summed E-state index contributed by atoms with van der Waals surface area (Å²) < 4.78 is 0. The molecule has 1 N–H and O–H groups in total. The second kappa shape index (κ2) is 6.21. The van der Waals surface area contributed by atoms with Gasteiger partial charge in [-0.1, -0.05) is 27.5 Å². The van der Waals surface area contributed by atoms with Gasteiger partial charge in [-0.05, 0) is 43.0 Å². The van der Waals surface area contributed by atoms with E-state index in [0.717, 1.165) is 6.54 Å². The van der Waals surface area contributed by atoms with E-state index < -0.39 is 0 Å². The average Bonchev–Trinajstić information content (AvgIpc) is 2.74. The number of halogens is 2. The normalized spacial score (nSPS) is 24.6. The van der Waals surface area contributed by atoms with Crippen molar-refractivity contribution in [2.45, 2.75) is 30.5 Å². The van der Waals surface area contributed by atoms with Crippen molar-refractivity contribution >= 4 is 44.8 Å². The summed E-state index contributed by atoms with van der Waals surface area (Å²) in [5.41, 5.74) is 0. The van der Waals surface area contributed by atoms with E-state index in [2.05, 4.69) is 21.2 Å². The number of carbonyl (C=O) groups excluding carboxylic acids is 1. The number of carbonyl (C=O) groups is 1. The number of nitrogens with one attached hydrogen (secondary N) is 1. The molecule has 1 aliphatic rings. The highest BCUT2D eigenvalue weighted by atomic mass is 79.9. The third-order valence-electron chi connectivity index (χ3n) is 3.15. The van der Waals surface area contributed by atoms with Gasteiger partial charge in [-0.25, -0.2) is 0 Å². The fraction of sp³-hybridized carbons (Fsp3) is 0.583. The molecule has 1 aromatic rings. The van der Waals surface area contributed by atoms with Crippen LogP contribution in [0.1, 0.15) is 35.4 Å². The Morgan fingerprint density at radius 1 is 1.47 bits per heavy atom. The molecule has 2 rings (SSSR count). The zero-order valence-electron chi connectivity index (χ0n) is 9.42. The summed E-state index contributed by atoms with van der Waals surface area (Å²) >= 11 is 10.9. The van der Waals surface area contributed by atoms with E-state index in [0.29, 0.717) is 20.6 Å². The molecule has 0 bridgehead atoms. The molecule has 0 spiro atoms. The van der Waals surface area contributed by atoms with Crippen molar-refractivity contribution in [3.05, 3.63) is 21.3 Å². The molecule has 94 valence electrons. The van der Waals surface area contributed by atoms with Gasteiger partial charge in [-0.15, -0.1) is 11.3 Å². The maximum absolute atomic E-state index is 11.8. The summed E-state index contributed by atoms with van der Waals surface area (Å²) in [5.74, 6) is 0.581. The SMILES string of the molecule is O=C(NCC1CCC(Br)CC1)c1sccc1Cl. The van der Waals surface area contributed by atoms with Crippen LogP contribution >= 0.6 is 38.9 Å². The molecule has 0 aromatic carbocycles. The highest BCUT2D eigenvalue weighted by molar-refractivity contribution is 9.09. The van der Waals surface area contributed by atoms with Gasteiger partial charge in [0.1, 0.15) is 4.88 Å². The van der Waals surface area contributed by atoms with Gasteiger partial charge in [-0.2, -0.15) is 0 Å². The molecule has 0 aliphatic heterocycles. The minimum atomic E-state index is -0.0361. The third kappa shape index (κ3) is 3.70. The number of alkyl halides is 1. The number of hydrogen-bond acceptors (Lipinski definition) is 2. The first-order chi connectivity index (χ1) is 8.16. The van der Waals surface area contributed by atoms with Crippen molar-refractivity contribution in [3.8, 4) is 0 Å². The molecule has 0 atom stereocenters. The quantitative estimate of drug-likeness (QED) is 0.828. The van der Waals surface area contributed by atoms with Gasteiger partial charge in [-0.3, -0.25) is 4.79 Å². The van der Waals surface area contributed by atoms with E-state index >= 15 is 0 Å². The minimum absolute atomic E-state index is 0.0361. The van der Waals surface area contributed by atoms with Crippen molar-refractivity contribution in [3.63, 3.8) is 0 Å². The molecule has 5 heteroatoms. The first-order valence-electron chi connectivity index (χ1n) is 5.82. The van der Waals surface area contributed by atoms with Crippen LogP contribution in [0.5, 0.6) is 0 Å². The highest BCUT2D eigenvalue weighted by Gasteiger charge is 2.20. The van der Waals surface area contributed by atoms with Crippen molar-refractivity contribution < 1.29 is 4.79 Å². The van der Waals surface area contributed by atoms with Gasteiger partial charge >= 0.3 is 0 Å². The van der Waals surface area contributed by atoms with Crippen LogP contribution < -0.4 is 5.32 Å². The van der Waals surface area contributed by atoms with Crippen LogP contribution in [0.25, 0.3) is 0 Å². The van der Waals surface area contributed by atoms with Gasteiger partial charge in [0.05, 0.1) is 5.02 Å². The highest BCUT2D eigenvalue weighted by Crippen LogP contribution is 2.28. The second-order valence-electron chi connectivity index (χ2n) is 4.43. The maximum Gasteiger partial charge on any atom is 0.262 e. The van der Waals surface area contributed by atoms with E-state index in [9.17, 15) is 4.79 Å². The first kappa shape index (κ1) is 13.4. The van der Waals surface area contributed by atoms with E-state index in [-0.39, 0.29) is 5.91 Å². The van der Waals surface area contributed by atoms with Crippen molar-refractivity contribution in [1.29, 1.82) is 0 Å². The van der Waals surface area contributed by atoms with Crippen molar-refractivity contribution in [2.24, 2.45) is 5.92 Å². The Morgan fingerprint density at radius 2 is 2.18 bits per heavy atom. The lowest BCUT2D eigenvalue weighted by molar-refractivity contribution is 0.0948. The van der Waals surface area contributed by atoms with E-state index in [4.69, 9.17) is 11.6 Å². The smallest absolute Gasteiger partial charge is 0.262 e. The lowest BCUT2D eigenvalue weighted by Crippen LogP contribution is -2.31. The summed E-state index contributed by atoms with van der Waals surface area (Å²) in [7, 11) is 0. The maximum atomic E-state index is 11.8. The predicted octanol–water partition coefficient (Wildman–Crippen LogP) is 4.09. The molecule has 0 saturated heterocycles. The lowest BCUT2D eigenvalue weighted by Gasteiger charge is -2.25. The number of thiophene rings is 1. The molecule has 1 heterocycles. The molecule has 1 saturated carbocycles. The topological polar surface area (TPSA) is 29.1 Å². The number of rotatable bonds is 3. The van der Waals surface area contributed by atoms with E-state index in [1.807, 2.05) is 5.38 Å². The van der Waals surface area contributed by atoms with Crippen LogP contribution in [-0.4, -0.2) is 17.3 Å². The first-order valence-corrected chi connectivity index (χ1v) is 7.99. The molecule has 1 amide bonds. The summed E-state index contributed by atoms with van der Waals surface area (Å²) in [6, 6.07) is 1.76. The Hall–Kier alpha value is -0.0600. The zero-order valence-corrected chi connectivity index (χ0v) is 12.6. The van der Waals surface area contributed by atoms with Gasteiger partial charge in [0, 0.05) is 11.4 Å². The number of amides is 1. The van der Waals surface area contributed by atoms with Crippen molar-refractivity contribution in [2.75, 3.05) is 6.54 Å². The molecule has 17 heavy (non-hydrogen) atoms. The summed E-state index contributed by atoms with van der Waals surface area (Å²) in [4.78, 5) is 13.1. The van der Waals surface area contributed by atoms with Crippen molar-refractivity contribution in [1.82, 2.24) is 5.32 Å². The second-order valence-corrected chi connectivity index (χ2v) is 7.04. The Labute approximate surface area is 119 Å². The third-order valence-corrected chi connectivity index (χ3v) is 5.41. The van der Waals surface area contributed by atoms with Crippen LogP contribution in [0.4, 0.5) is 0 Å². The fourth-order valence-electron chi connectivity index (χ4n) is 2.10. The average molecular weight is 337 g/mol. The largest absolute Gasteiger partial charge is 0.351 e. The molecule has 1 aliphatic carbocycles. The molecular formula is C12H15BrClNOS. The lowest BCUT2D eigenvalue weighted by atomic mass is 9.89. The Kier molecular flexibility index (Phi) is 4.88. The van der Waals surface area contributed by atoms with E-state index in [1.165, 1.54) is 37.0 Å². The zero-order chi connectivity index (χ0) is 12.3.